The summed E-state index contributed by atoms with van der Waals surface area (Å²) in [6.07, 6.45) is 4.32. The molecule has 21 heavy (non-hydrogen) atoms. The normalized spacial score (nSPS) is 17.7. The van der Waals surface area contributed by atoms with Crippen LogP contribution in [0.3, 0.4) is 0 Å². The first-order valence-electron chi connectivity index (χ1n) is 6.70. The number of carbonyl (C=O) groups is 2. The van der Waals surface area contributed by atoms with Gasteiger partial charge >= 0.3 is 6.09 Å². The van der Waals surface area contributed by atoms with E-state index in [0.29, 0.717) is 5.69 Å². The number of amides is 2. The quantitative estimate of drug-likeness (QED) is 0.907. The summed E-state index contributed by atoms with van der Waals surface area (Å²) in [6, 6.07) is 7.36. The van der Waals surface area contributed by atoms with Crippen molar-refractivity contribution in [3.63, 3.8) is 0 Å². The molecule has 0 spiro atoms. The van der Waals surface area contributed by atoms with E-state index in [4.69, 9.17) is 4.74 Å². The highest BCUT2D eigenvalue weighted by Gasteiger charge is 2.17. The van der Waals surface area contributed by atoms with Crippen molar-refractivity contribution in [3.05, 3.63) is 42.0 Å². The first-order valence-corrected chi connectivity index (χ1v) is 6.70. The number of aliphatic imine (C=N–C) groups is 1. The maximum atomic E-state index is 11.7. The Labute approximate surface area is 123 Å². The number of dihydropyridines is 1. The molecule has 0 aromatic heterocycles. The Hall–Kier alpha value is -2.43. The number of nitrogens with one attached hydrogen (secondary N) is 1. The number of hydrogen-bond acceptors (Lipinski definition) is 3. The lowest BCUT2D eigenvalue weighted by Gasteiger charge is -2.20. The summed E-state index contributed by atoms with van der Waals surface area (Å²) in [5.74, 6) is -0.322. The molecule has 110 valence electrons. The van der Waals surface area contributed by atoms with Crippen molar-refractivity contribution in [2.45, 2.75) is 32.3 Å². The van der Waals surface area contributed by atoms with Gasteiger partial charge in [-0.3, -0.25) is 10.1 Å². The van der Waals surface area contributed by atoms with Crippen LogP contribution in [-0.4, -0.2) is 23.8 Å². The van der Waals surface area contributed by atoms with Gasteiger partial charge in [0, 0.05) is 23.9 Å². The number of nitrogens with zero attached hydrogens (tertiary/aromatic N) is 1. The lowest BCUT2D eigenvalue weighted by Crippen LogP contribution is -2.27. The lowest BCUT2D eigenvalue weighted by atomic mass is 9.98. The molecule has 0 saturated heterocycles. The topological polar surface area (TPSA) is 67.8 Å². The zero-order chi connectivity index (χ0) is 15.5. The first kappa shape index (κ1) is 15.0. The Morgan fingerprint density at radius 1 is 1.33 bits per heavy atom. The van der Waals surface area contributed by atoms with Gasteiger partial charge in [-0.1, -0.05) is 18.2 Å². The van der Waals surface area contributed by atoms with Crippen LogP contribution in [0.4, 0.5) is 10.5 Å². The summed E-state index contributed by atoms with van der Waals surface area (Å²) >= 11 is 0. The maximum Gasteiger partial charge on any atom is 0.412 e. The van der Waals surface area contributed by atoms with Gasteiger partial charge in [0.1, 0.15) is 5.60 Å². The largest absolute Gasteiger partial charge is 0.444 e. The lowest BCUT2D eigenvalue weighted by molar-refractivity contribution is -0.113. The van der Waals surface area contributed by atoms with E-state index in [1.807, 2.05) is 39.0 Å². The molecule has 1 unspecified atom stereocenters. The van der Waals surface area contributed by atoms with Crippen LogP contribution in [0.1, 0.15) is 32.3 Å². The van der Waals surface area contributed by atoms with Crippen molar-refractivity contribution < 1.29 is 14.3 Å². The van der Waals surface area contributed by atoms with Crippen LogP contribution in [0, 0.1) is 0 Å². The van der Waals surface area contributed by atoms with E-state index in [-0.39, 0.29) is 11.8 Å². The molecular formula is C16H18N2O3. The second-order valence-corrected chi connectivity index (χ2v) is 5.75. The molecule has 2 rings (SSSR count). The third-order valence-corrected chi connectivity index (χ3v) is 2.73. The molecule has 1 aliphatic rings. The number of benzene rings is 1. The second-order valence-electron chi connectivity index (χ2n) is 5.75. The van der Waals surface area contributed by atoms with Crippen LogP contribution in [-0.2, 0) is 9.53 Å². The molecule has 0 bridgehead atoms. The van der Waals surface area contributed by atoms with E-state index in [0.717, 1.165) is 5.56 Å². The van der Waals surface area contributed by atoms with Gasteiger partial charge in [0.2, 0.25) is 0 Å². The Kier molecular flexibility index (Phi) is 4.21. The van der Waals surface area contributed by atoms with Gasteiger partial charge in [-0.2, -0.15) is 0 Å². The molecule has 5 heteroatoms. The van der Waals surface area contributed by atoms with Crippen molar-refractivity contribution in [1.82, 2.24) is 0 Å². The number of anilines is 1. The molecule has 1 N–H and O–H groups in total. The van der Waals surface area contributed by atoms with Crippen molar-refractivity contribution >= 4 is 23.9 Å². The van der Waals surface area contributed by atoms with Crippen LogP contribution >= 0.6 is 0 Å². The predicted molar refractivity (Wildman–Crippen MR) is 81.7 cm³/mol. The summed E-state index contributed by atoms with van der Waals surface area (Å²) in [6.45, 7) is 5.43. The fourth-order valence-electron chi connectivity index (χ4n) is 1.87. The zero-order valence-corrected chi connectivity index (χ0v) is 12.3. The summed E-state index contributed by atoms with van der Waals surface area (Å²) in [7, 11) is 0. The van der Waals surface area contributed by atoms with Crippen LogP contribution in [0.2, 0.25) is 0 Å². The molecule has 0 aliphatic carbocycles. The number of allylic oxidation sites excluding steroid dienone is 1. The second kappa shape index (κ2) is 5.91. The average molecular weight is 286 g/mol. The van der Waals surface area contributed by atoms with Gasteiger partial charge in [0.15, 0.2) is 0 Å². The fraction of sp³-hybridized carbons (Fsp3) is 0.312. The van der Waals surface area contributed by atoms with E-state index in [1.54, 1.807) is 18.4 Å². The van der Waals surface area contributed by atoms with Crippen LogP contribution < -0.4 is 5.32 Å². The SMILES string of the molecule is CC(C)(C)OC(=O)Nc1cccc(C2C=CC(=O)N=C2)c1. The van der Waals surface area contributed by atoms with Crippen LogP contribution in [0.25, 0.3) is 0 Å². The van der Waals surface area contributed by atoms with Crippen LogP contribution in [0.5, 0.6) is 0 Å². The predicted octanol–water partition coefficient (Wildman–Crippen LogP) is 3.28. The Balaban J connectivity index is 2.08. The molecule has 0 radical (unpaired) electrons. The van der Waals surface area contributed by atoms with Crippen molar-refractivity contribution in [1.29, 1.82) is 0 Å². The highest BCUT2D eigenvalue weighted by molar-refractivity contribution is 5.98. The smallest absolute Gasteiger partial charge is 0.412 e. The third kappa shape index (κ3) is 4.56. The van der Waals surface area contributed by atoms with E-state index in [2.05, 4.69) is 10.3 Å². The molecule has 1 aliphatic heterocycles. The molecular weight excluding hydrogens is 268 g/mol. The van der Waals surface area contributed by atoms with Crippen LogP contribution in [0.15, 0.2) is 41.4 Å². The summed E-state index contributed by atoms with van der Waals surface area (Å²) in [5.41, 5.74) is 1.04. The third-order valence-electron chi connectivity index (χ3n) is 2.73. The van der Waals surface area contributed by atoms with E-state index in [9.17, 15) is 9.59 Å². The number of hydrogen-bond donors (Lipinski definition) is 1. The van der Waals surface area contributed by atoms with Gasteiger partial charge in [-0.15, -0.1) is 0 Å². The zero-order valence-electron chi connectivity index (χ0n) is 12.3. The van der Waals surface area contributed by atoms with Gasteiger partial charge in [-0.25, -0.2) is 9.79 Å². The molecule has 0 fully saturated rings. The fourth-order valence-corrected chi connectivity index (χ4v) is 1.87. The minimum absolute atomic E-state index is 0.0666. The summed E-state index contributed by atoms with van der Waals surface area (Å²) in [5, 5.41) is 2.69. The molecule has 1 aromatic rings. The minimum Gasteiger partial charge on any atom is -0.444 e. The summed E-state index contributed by atoms with van der Waals surface area (Å²) < 4.78 is 5.21. The standard InChI is InChI=1S/C16H18N2O3/c1-16(2,3)21-15(20)18-13-6-4-5-11(9-13)12-7-8-14(19)17-10-12/h4-10,12H,1-3H3,(H,18,20). The molecule has 5 nitrogen and oxygen atoms in total. The van der Waals surface area contributed by atoms with E-state index in [1.165, 1.54) is 6.08 Å². The molecule has 1 heterocycles. The highest BCUT2D eigenvalue weighted by Crippen LogP contribution is 2.22. The highest BCUT2D eigenvalue weighted by atomic mass is 16.6. The van der Waals surface area contributed by atoms with Crippen molar-refractivity contribution in [2.75, 3.05) is 5.32 Å². The van der Waals surface area contributed by atoms with Gasteiger partial charge in [0.25, 0.3) is 5.91 Å². The molecule has 0 saturated carbocycles. The Morgan fingerprint density at radius 2 is 2.10 bits per heavy atom. The maximum absolute atomic E-state index is 11.7. The van der Waals surface area contributed by atoms with Gasteiger partial charge in [-0.05, 0) is 38.5 Å². The summed E-state index contributed by atoms with van der Waals surface area (Å²) in [4.78, 5) is 26.5. The van der Waals surface area contributed by atoms with E-state index < -0.39 is 11.7 Å². The Morgan fingerprint density at radius 3 is 2.71 bits per heavy atom. The number of rotatable bonds is 2. The first-order chi connectivity index (χ1) is 9.83. The van der Waals surface area contributed by atoms with Crippen molar-refractivity contribution in [3.8, 4) is 0 Å². The molecule has 1 atom stereocenters. The minimum atomic E-state index is -0.541. The van der Waals surface area contributed by atoms with E-state index >= 15 is 0 Å². The Bertz CT molecular complexity index is 596. The monoisotopic (exact) mass is 286 g/mol. The van der Waals surface area contributed by atoms with Gasteiger partial charge < -0.3 is 4.74 Å². The average Bonchev–Trinajstić information content (AvgIpc) is 2.37. The molecule has 2 amide bonds. The van der Waals surface area contributed by atoms with Crippen molar-refractivity contribution in [2.24, 2.45) is 4.99 Å². The molecule has 1 aromatic carbocycles. The van der Waals surface area contributed by atoms with Gasteiger partial charge in [0.05, 0.1) is 0 Å². The number of ether oxygens (including phenoxy) is 1. The number of carbonyl (C=O) groups excluding carboxylic acids is 2.